The Morgan fingerprint density at radius 1 is 1.00 bits per heavy atom. The number of benzene rings is 2. The predicted octanol–water partition coefficient (Wildman–Crippen LogP) is 6.74. The van der Waals surface area contributed by atoms with E-state index in [0.717, 1.165) is 37.8 Å². The summed E-state index contributed by atoms with van der Waals surface area (Å²) in [4.78, 5) is 10.9. The minimum Gasteiger partial charge on any atom is -0.478 e. The maximum atomic E-state index is 10.9. The van der Waals surface area contributed by atoms with E-state index in [4.69, 9.17) is 33.1 Å². The zero-order valence-corrected chi connectivity index (χ0v) is 22.4. The van der Waals surface area contributed by atoms with Crippen LogP contribution in [0, 0.1) is 0 Å². The lowest BCUT2D eigenvalue weighted by Crippen LogP contribution is -2.30. The van der Waals surface area contributed by atoms with Gasteiger partial charge < -0.3 is 9.47 Å². The number of nitrogens with zero attached hydrogens (tertiary/aromatic N) is 2. The lowest BCUT2D eigenvalue weighted by Gasteiger charge is -2.24. The molecule has 2 aromatic rings. The summed E-state index contributed by atoms with van der Waals surface area (Å²) in [5, 5.41) is 3.62. The first kappa shape index (κ1) is 26.5. The van der Waals surface area contributed by atoms with Gasteiger partial charge in [0, 0.05) is 26.3 Å². The lowest BCUT2D eigenvalue weighted by atomic mass is 10.2. The van der Waals surface area contributed by atoms with Gasteiger partial charge in [-0.3, -0.25) is 4.79 Å². The van der Waals surface area contributed by atoms with Gasteiger partial charge in [0.25, 0.3) is 5.34 Å². The predicted molar refractivity (Wildman–Crippen MR) is 141 cm³/mol. The molecular formula is C23H29N2O3P2S2+. The molecule has 0 amide bonds. The second-order valence-corrected chi connectivity index (χ2v) is 12.4. The van der Waals surface area contributed by atoms with E-state index in [9.17, 15) is 4.79 Å². The van der Waals surface area contributed by atoms with Crippen LogP contribution < -0.4 is 9.47 Å². The van der Waals surface area contributed by atoms with Gasteiger partial charge in [-0.25, -0.2) is 0 Å². The smallest absolute Gasteiger partial charge is 0.358 e. The molecule has 2 rings (SSSR count). The first-order chi connectivity index (χ1) is 15.2. The van der Waals surface area contributed by atoms with Gasteiger partial charge in [0.05, 0.1) is 13.3 Å². The molecule has 0 saturated carbocycles. The highest BCUT2D eigenvalue weighted by molar-refractivity contribution is 8.04. The molecule has 0 saturated heterocycles. The molecule has 32 heavy (non-hydrogen) atoms. The van der Waals surface area contributed by atoms with Gasteiger partial charge in [-0.05, 0) is 67.4 Å². The van der Waals surface area contributed by atoms with Crippen LogP contribution in [0.2, 0.25) is 0 Å². The third-order valence-electron chi connectivity index (χ3n) is 5.12. The quantitative estimate of drug-likeness (QED) is 0.137. The molecule has 5 nitrogen and oxygen atoms in total. The van der Waals surface area contributed by atoms with Gasteiger partial charge >= 0.3 is 6.85 Å². The van der Waals surface area contributed by atoms with Crippen LogP contribution in [0.3, 0.4) is 0 Å². The molecule has 0 aromatic heterocycles. The summed E-state index contributed by atoms with van der Waals surface area (Å²) < 4.78 is 14.1. The summed E-state index contributed by atoms with van der Waals surface area (Å²) >= 11 is 11.0. The van der Waals surface area contributed by atoms with Gasteiger partial charge in [0.1, 0.15) is 17.8 Å². The molecule has 0 bridgehead atoms. The molecule has 0 aliphatic carbocycles. The monoisotopic (exact) mass is 507 g/mol. The highest BCUT2D eigenvalue weighted by atomic mass is 32.4. The molecule has 2 aromatic carbocycles. The van der Waals surface area contributed by atoms with E-state index < -0.39 is 12.2 Å². The van der Waals surface area contributed by atoms with Crippen molar-refractivity contribution in [2.24, 2.45) is 5.10 Å². The standard InChI is InChI=1S/C23H29N2O3P2S2/c1-6-22(3,29-31)27-20-12-8-18(9-13-20)16-24-25(5)30(32)23(4,7-2)28-21-14-10-19(17-26)11-15-21/h8-17H,6-7H2,1-5H3/q+1/b24-16+. The van der Waals surface area contributed by atoms with Crippen LogP contribution in [0.1, 0.15) is 56.5 Å². The fourth-order valence-electron chi connectivity index (χ4n) is 2.65. The van der Waals surface area contributed by atoms with Crippen molar-refractivity contribution in [2.75, 3.05) is 7.05 Å². The molecule has 3 unspecified atom stereocenters. The van der Waals surface area contributed by atoms with Crippen LogP contribution in [0.4, 0.5) is 0 Å². The van der Waals surface area contributed by atoms with E-state index >= 15 is 0 Å². The highest BCUT2D eigenvalue weighted by Crippen LogP contribution is 2.45. The fourth-order valence-corrected chi connectivity index (χ4v) is 5.26. The summed E-state index contributed by atoms with van der Waals surface area (Å²) in [7, 11) is 2.66. The first-order valence-electron chi connectivity index (χ1n) is 10.3. The number of aldehydes is 1. The summed E-state index contributed by atoms with van der Waals surface area (Å²) in [6.45, 7) is 6.97. The van der Waals surface area contributed by atoms with Crippen LogP contribution in [0.25, 0.3) is 0 Å². The molecule has 0 N–H and O–H groups in total. The Labute approximate surface area is 203 Å². The zero-order chi connectivity index (χ0) is 23.8. The Morgan fingerprint density at radius 2 is 1.53 bits per heavy atom. The molecule has 170 valence electrons. The Balaban J connectivity index is 2.07. The molecule has 0 fully saturated rings. The van der Waals surface area contributed by atoms with E-state index in [0.29, 0.717) is 11.3 Å². The van der Waals surface area contributed by atoms with Gasteiger partial charge in [-0.15, -0.1) is 9.88 Å². The number of rotatable bonds is 12. The minimum absolute atomic E-state index is 0.360. The van der Waals surface area contributed by atoms with Crippen molar-refractivity contribution in [1.82, 2.24) is 4.78 Å². The number of hydrazone groups is 1. The minimum atomic E-state index is -1.16. The van der Waals surface area contributed by atoms with Gasteiger partial charge in [-0.1, -0.05) is 25.7 Å². The maximum Gasteiger partial charge on any atom is 0.358 e. The molecule has 0 aliphatic rings. The van der Waals surface area contributed by atoms with Crippen LogP contribution in [0.15, 0.2) is 53.6 Å². The molecule has 0 spiro atoms. The van der Waals surface area contributed by atoms with Gasteiger partial charge in [0.2, 0.25) is 0 Å². The Morgan fingerprint density at radius 3 is 2.00 bits per heavy atom. The normalized spacial score (nSPS) is 15.6. The third kappa shape index (κ3) is 7.11. The van der Waals surface area contributed by atoms with Crippen molar-refractivity contribution in [1.29, 1.82) is 0 Å². The van der Waals surface area contributed by atoms with Crippen LogP contribution in [0.5, 0.6) is 11.5 Å². The Hall–Kier alpha value is -1.78. The summed E-state index contributed by atoms with van der Waals surface area (Å²) in [6, 6.07) is 14.8. The molecule has 9 heteroatoms. The van der Waals surface area contributed by atoms with Crippen LogP contribution >= 0.6 is 14.2 Å². The zero-order valence-electron chi connectivity index (χ0n) is 19.0. The second-order valence-electron chi connectivity index (χ2n) is 7.62. The van der Waals surface area contributed by atoms with Gasteiger partial charge in [0.15, 0.2) is 17.1 Å². The average molecular weight is 508 g/mol. The second kappa shape index (κ2) is 11.9. The Kier molecular flexibility index (Phi) is 9.84. The largest absolute Gasteiger partial charge is 0.478 e. The van der Waals surface area contributed by atoms with Crippen molar-refractivity contribution >= 4 is 50.3 Å². The average Bonchev–Trinajstić information content (AvgIpc) is 2.83. The summed E-state index contributed by atoms with van der Waals surface area (Å²) in [6.07, 6.45) is 4.16. The topological polar surface area (TPSA) is 51.1 Å². The van der Waals surface area contributed by atoms with Gasteiger partial charge in [-0.2, -0.15) is 0 Å². The van der Waals surface area contributed by atoms with Crippen LogP contribution in [-0.2, 0) is 23.6 Å². The molecule has 3 atom stereocenters. The summed E-state index contributed by atoms with van der Waals surface area (Å²) in [5.41, 5.74) is 1.55. The SMILES string of the molecule is CCC(C)(Oc1ccc(/C=N/N(C)[P+](=S)C(C)(CC)Oc2ccc(C=O)cc2)cc1)P=S. The van der Waals surface area contributed by atoms with E-state index in [1.807, 2.05) is 52.1 Å². The number of carbonyl (C=O) groups is 1. The number of ether oxygens (including phenoxy) is 2. The van der Waals surface area contributed by atoms with Crippen molar-refractivity contribution in [2.45, 2.75) is 51.2 Å². The third-order valence-corrected chi connectivity index (χ3v) is 10.8. The van der Waals surface area contributed by atoms with Crippen molar-refractivity contribution < 1.29 is 14.3 Å². The molecule has 0 aliphatic heterocycles. The van der Waals surface area contributed by atoms with Crippen molar-refractivity contribution in [3.8, 4) is 11.5 Å². The molecule has 0 radical (unpaired) electrons. The van der Waals surface area contributed by atoms with E-state index in [1.165, 1.54) is 0 Å². The maximum absolute atomic E-state index is 10.9. The van der Waals surface area contributed by atoms with Crippen molar-refractivity contribution in [3.05, 3.63) is 59.7 Å². The fraction of sp³-hybridized carbons (Fsp3) is 0.391. The molecular weight excluding hydrogens is 478 g/mol. The van der Waals surface area contributed by atoms with E-state index in [-0.39, 0.29) is 5.34 Å². The number of hydrogen-bond acceptors (Lipinski definition) is 6. The van der Waals surface area contributed by atoms with E-state index in [1.54, 1.807) is 35.3 Å². The van der Waals surface area contributed by atoms with Crippen molar-refractivity contribution in [3.63, 3.8) is 0 Å². The Bertz CT molecular complexity index is 970. The molecule has 0 heterocycles. The lowest BCUT2D eigenvalue weighted by molar-refractivity contribution is 0.112. The first-order valence-corrected chi connectivity index (χ1v) is 14.5. The van der Waals surface area contributed by atoms with E-state index in [2.05, 4.69) is 12.0 Å². The highest BCUT2D eigenvalue weighted by Gasteiger charge is 2.44. The summed E-state index contributed by atoms with van der Waals surface area (Å²) in [5.74, 6) is 1.47. The number of carbonyl (C=O) groups excluding carboxylic acids is 1. The van der Waals surface area contributed by atoms with Crippen LogP contribution in [-0.4, -0.2) is 35.0 Å². The number of hydrogen-bond donors (Lipinski definition) is 0.